The SMILES string of the molecule is CCOC(=O)c1c(NC(=O)C(Sc2cccc(NC(=O)/C(=C/c3cccc(Cl)c3)NC(=O)c3ccccc3)c2)c2ccccc2)sc2c1CCC(C)C2. The topological polar surface area (TPSA) is 114 Å². The number of rotatable bonds is 12. The molecule has 11 heteroatoms. The Morgan fingerprint density at radius 3 is 2.40 bits per heavy atom. The minimum Gasteiger partial charge on any atom is -0.462 e. The van der Waals surface area contributed by atoms with Crippen LogP contribution in [0.4, 0.5) is 10.7 Å². The number of halogens is 1. The molecule has 5 aromatic rings. The van der Waals surface area contributed by atoms with Gasteiger partial charge in [-0.1, -0.05) is 85.3 Å². The highest BCUT2D eigenvalue weighted by molar-refractivity contribution is 8.00. The van der Waals surface area contributed by atoms with E-state index in [2.05, 4.69) is 22.9 Å². The summed E-state index contributed by atoms with van der Waals surface area (Å²) in [5.41, 5.74) is 3.70. The molecule has 2 atom stereocenters. The smallest absolute Gasteiger partial charge is 0.341 e. The van der Waals surface area contributed by atoms with Crippen molar-refractivity contribution in [3.05, 3.63) is 153 Å². The van der Waals surface area contributed by atoms with Crippen molar-refractivity contribution in [1.29, 1.82) is 0 Å². The van der Waals surface area contributed by atoms with E-state index in [1.165, 1.54) is 23.1 Å². The highest BCUT2D eigenvalue weighted by atomic mass is 35.5. The maximum absolute atomic E-state index is 14.2. The minimum absolute atomic E-state index is 0.0196. The van der Waals surface area contributed by atoms with Crippen LogP contribution in [0.5, 0.6) is 0 Å². The second-order valence-corrected chi connectivity index (χ2v) is 15.3. The molecule has 0 radical (unpaired) electrons. The standard InChI is InChI=1S/C42H38ClN3O5S2/c1-3-51-42(50)36-33-21-20-26(2)22-35(33)53-41(36)46-40(49)37(28-13-6-4-7-14-28)52-32-19-11-18-31(25-32)44-39(48)34(24-27-12-10-17-30(43)23-27)45-38(47)29-15-8-5-9-16-29/h4-19,23-26,37H,3,20-22H2,1-2H3,(H,44,48)(H,45,47)(H,46,49)/b34-24-. The summed E-state index contributed by atoms with van der Waals surface area (Å²) < 4.78 is 5.43. The van der Waals surface area contributed by atoms with E-state index >= 15 is 0 Å². The highest BCUT2D eigenvalue weighted by Gasteiger charge is 2.31. The van der Waals surface area contributed by atoms with Gasteiger partial charge in [-0.2, -0.15) is 0 Å². The number of esters is 1. The molecular formula is C42H38ClN3O5S2. The lowest BCUT2D eigenvalue weighted by Gasteiger charge is -2.19. The molecule has 1 heterocycles. The number of ether oxygens (including phenoxy) is 1. The number of thiophene rings is 1. The number of fused-ring (bicyclic) bond motifs is 1. The van der Waals surface area contributed by atoms with Crippen LogP contribution in [0.2, 0.25) is 5.02 Å². The molecule has 4 aromatic carbocycles. The molecule has 6 rings (SSSR count). The zero-order chi connectivity index (χ0) is 37.3. The quantitative estimate of drug-likeness (QED) is 0.0663. The van der Waals surface area contributed by atoms with Crippen LogP contribution in [0.15, 0.2) is 120 Å². The molecule has 2 unspecified atom stereocenters. The van der Waals surface area contributed by atoms with Gasteiger partial charge in [0.25, 0.3) is 11.8 Å². The average Bonchev–Trinajstić information content (AvgIpc) is 3.51. The molecule has 0 saturated heterocycles. The lowest BCUT2D eigenvalue weighted by molar-refractivity contribution is -0.116. The normalized spacial score (nSPS) is 14.4. The Morgan fingerprint density at radius 1 is 0.925 bits per heavy atom. The van der Waals surface area contributed by atoms with Crippen LogP contribution in [0.1, 0.15) is 67.8 Å². The number of thioether (sulfide) groups is 1. The van der Waals surface area contributed by atoms with E-state index in [-0.39, 0.29) is 18.2 Å². The van der Waals surface area contributed by atoms with Crippen molar-refractivity contribution in [3.63, 3.8) is 0 Å². The summed E-state index contributed by atoms with van der Waals surface area (Å²) >= 11 is 8.97. The molecular weight excluding hydrogens is 726 g/mol. The second-order valence-electron chi connectivity index (χ2n) is 12.6. The summed E-state index contributed by atoms with van der Waals surface area (Å²) in [6, 6.07) is 32.1. The molecule has 0 saturated carbocycles. The monoisotopic (exact) mass is 763 g/mol. The Bertz CT molecular complexity index is 2150. The summed E-state index contributed by atoms with van der Waals surface area (Å²) in [5, 5.41) is 9.04. The van der Waals surface area contributed by atoms with Gasteiger partial charge in [-0.15, -0.1) is 23.1 Å². The van der Waals surface area contributed by atoms with Crippen molar-refractivity contribution >= 4 is 75.2 Å². The van der Waals surface area contributed by atoms with Crippen LogP contribution >= 0.6 is 34.7 Å². The van der Waals surface area contributed by atoms with E-state index < -0.39 is 23.0 Å². The Morgan fingerprint density at radius 2 is 1.66 bits per heavy atom. The largest absolute Gasteiger partial charge is 0.462 e. The van der Waals surface area contributed by atoms with Gasteiger partial charge in [0.15, 0.2) is 0 Å². The van der Waals surface area contributed by atoms with Gasteiger partial charge in [0.05, 0.1) is 12.2 Å². The van der Waals surface area contributed by atoms with Crippen molar-refractivity contribution in [1.82, 2.24) is 5.32 Å². The summed E-state index contributed by atoms with van der Waals surface area (Å²) in [5.74, 6) is -1.21. The summed E-state index contributed by atoms with van der Waals surface area (Å²) in [7, 11) is 0. The van der Waals surface area contributed by atoms with Crippen molar-refractivity contribution in [2.24, 2.45) is 5.92 Å². The molecule has 0 fully saturated rings. The molecule has 0 spiro atoms. The molecule has 3 N–H and O–H groups in total. The Labute approximate surface area is 322 Å². The van der Waals surface area contributed by atoms with E-state index in [0.717, 1.165) is 35.3 Å². The number of carbonyl (C=O) groups is 4. The van der Waals surface area contributed by atoms with E-state index in [9.17, 15) is 19.2 Å². The van der Waals surface area contributed by atoms with Crippen molar-refractivity contribution in [2.75, 3.05) is 17.2 Å². The molecule has 3 amide bonds. The van der Waals surface area contributed by atoms with Crippen LogP contribution in [-0.2, 0) is 27.2 Å². The molecule has 1 aliphatic carbocycles. The molecule has 0 aliphatic heterocycles. The first kappa shape index (κ1) is 37.6. The summed E-state index contributed by atoms with van der Waals surface area (Å²) in [6.45, 7) is 4.20. The van der Waals surface area contributed by atoms with Gasteiger partial charge < -0.3 is 20.7 Å². The number of anilines is 2. The van der Waals surface area contributed by atoms with Gasteiger partial charge in [0, 0.05) is 26.0 Å². The van der Waals surface area contributed by atoms with E-state index in [0.29, 0.717) is 43.2 Å². The Balaban J connectivity index is 1.25. The van der Waals surface area contributed by atoms with Crippen LogP contribution < -0.4 is 16.0 Å². The van der Waals surface area contributed by atoms with Crippen LogP contribution in [0.3, 0.4) is 0 Å². The van der Waals surface area contributed by atoms with Crippen molar-refractivity contribution in [3.8, 4) is 0 Å². The number of hydrogen-bond donors (Lipinski definition) is 3. The van der Waals surface area contributed by atoms with Gasteiger partial charge >= 0.3 is 5.97 Å². The van der Waals surface area contributed by atoms with E-state index in [1.54, 1.807) is 85.8 Å². The van der Waals surface area contributed by atoms with Gasteiger partial charge in [-0.05, 0) is 97.3 Å². The zero-order valence-electron chi connectivity index (χ0n) is 29.2. The minimum atomic E-state index is -0.696. The Hall–Kier alpha value is -5.16. The zero-order valence-corrected chi connectivity index (χ0v) is 31.6. The first-order chi connectivity index (χ1) is 25.7. The van der Waals surface area contributed by atoms with Gasteiger partial charge in [-0.3, -0.25) is 14.4 Å². The third-order valence-electron chi connectivity index (χ3n) is 8.60. The average molecular weight is 764 g/mol. The highest BCUT2D eigenvalue weighted by Crippen LogP contribution is 2.42. The first-order valence-corrected chi connectivity index (χ1v) is 19.3. The van der Waals surface area contributed by atoms with Gasteiger partial charge in [-0.25, -0.2) is 4.79 Å². The number of hydrogen-bond acceptors (Lipinski definition) is 7. The van der Waals surface area contributed by atoms with Crippen molar-refractivity contribution in [2.45, 2.75) is 43.3 Å². The number of nitrogens with one attached hydrogen (secondary N) is 3. The summed E-state index contributed by atoms with van der Waals surface area (Å²) in [4.78, 5) is 56.0. The lowest BCUT2D eigenvalue weighted by Crippen LogP contribution is -2.30. The summed E-state index contributed by atoms with van der Waals surface area (Å²) in [6.07, 6.45) is 4.14. The number of carbonyl (C=O) groups excluding carboxylic acids is 4. The second kappa shape index (κ2) is 17.6. The Kier molecular flexibility index (Phi) is 12.5. The fourth-order valence-electron chi connectivity index (χ4n) is 6.02. The third-order valence-corrected chi connectivity index (χ3v) is 11.3. The van der Waals surface area contributed by atoms with Crippen molar-refractivity contribution < 1.29 is 23.9 Å². The maximum atomic E-state index is 14.2. The van der Waals surface area contributed by atoms with Gasteiger partial charge in [0.1, 0.15) is 15.9 Å². The van der Waals surface area contributed by atoms with Crippen LogP contribution in [0.25, 0.3) is 6.08 Å². The maximum Gasteiger partial charge on any atom is 0.341 e. The molecule has 1 aliphatic rings. The van der Waals surface area contributed by atoms with Crippen LogP contribution in [0, 0.1) is 5.92 Å². The predicted octanol–water partition coefficient (Wildman–Crippen LogP) is 9.58. The fourth-order valence-corrected chi connectivity index (χ4v) is 8.71. The molecule has 270 valence electrons. The van der Waals surface area contributed by atoms with Crippen LogP contribution in [-0.4, -0.2) is 30.3 Å². The third kappa shape index (κ3) is 9.64. The molecule has 1 aromatic heterocycles. The molecule has 53 heavy (non-hydrogen) atoms. The lowest BCUT2D eigenvalue weighted by atomic mass is 9.88. The van der Waals surface area contributed by atoms with Gasteiger partial charge in [0.2, 0.25) is 5.91 Å². The van der Waals surface area contributed by atoms with E-state index in [4.69, 9.17) is 16.3 Å². The predicted molar refractivity (Wildman–Crippen MR) is 214 cm³/mol. The number of benzene rings is 4. The number of amides is 3. The molecule has 8 nitrogen and oxygen atoms in total. The molecule has 0 bridgehead atoms. The fraction of sp³-hybridized carbons (Fsp3) is 0.190. The van der Waals surface area contributed by atoms with E-state index in [1.807, 2.05) is 36.4 Å². The first-order valence-electron chi connectivity index (χ1n) is 17.3.